The van der Waals surface area contributed by atoms with E-state index in [4.69, 9.17) is 4.74 Å². The highest BCUT2D eigenvalue weighted by Crippen LogP contribution is 2.44. The van der Waals surface area contributed by atoms with E-state index in [1.807, 2.05) is 24.3 Å². The predicted octanol–water partition coefficient (Wildman–Crippen LogP) is 4.06. The van der Waals surface area contributed by atoms with Crippen LogP contribution in [0.3, 0.4) is 0 Å². The molecule has 0 heterocycles. The number of carboxylic acid groups (broad SMARTS) is 1. The van der Waals surface area contributed by atoms with Crippen molar-refractivity contribution in [2.45, 2.75) is 50.5 Å². The van der Waals surface area contributed by atoms with Crippen LogP contribution >= 0.6 is 0 Å². The van der Waals surface area contributed by atoms with Gasteiger partial charge in [-0.1, -0.05) is 74.7 Å². The molecule has 174 valence electrons. The standard InChI is InChI=1S/C26H30N2O5/c1-17(23(29)28-26(24(30)31)13-7-2-8-14-26)15-27-25(32)33-16-22-20-11-5-3-9-18(20)19-10-4-6-12-21(19)22/h3-6,9-12,17,22H,2,7-8,13-16H2,1H3,(H,27,32)(H,28,29)(H,30,31). The van der Waals surface area contributed by atoms with E-state index in [1.165, 1.54) is 0 Å². The van der Waals surface area contributed by atoms with Crippen molar-refractivity contribution >= 4 is 18.0 Å². The lowest BCUT2D eigenvalue weighted by molar-refractivity contribution is -0.149. The Morgan fingerprint density at radius 1 is 1.00 bits per heavy atom. The lowest BCUT2D eigenvalue weighted by Crippen LogP contribution is -2.57. The highest BCUT2D eigenvalue weighted by molar-refractivity contribution is 5.88. The highest BCUT2D eigenvalue weighted by atomic mass is 16.5. The van der Waals surface area contributed by atoms with Crippen molar-refractivity contribution in [1.82, 2.24) is 10.6 Å². The van der Waals surface area contributed by atoms with Crippen LogP contribution in [-0.4, -0.2) is 41.8 Å². The SMILES string of the molecule is CC(CNC(=O)OCC1c2ccccc2-c2ccccc21)C(=O)NC1(C(=O)O)CCCCC1. The fourth-order valence-electron chi connectivity index (χ4n) is 4.89. The Hall–Kier alpha value is -3.35. The monoisotopic (exact) mass is 450 g/mol. The molecule has 2 aliphatic carbocycles. The average molecular weight is 451 g/mol. The first-order chi connectivity index (χ1) is 15.9. The summed E-state index contributed by atoms with van der Waals surface area (Å²) < 4.78 is 5.50. The van der Waals surface area contributed by atoms with Crippen LogP contribution in [0, 0.1) is 5.92 Å². The van der Waals surface area contributed by atoms with Gasteiger partial charge in [0.1, 0.15) is 12.1 Å². The Labute approximate surface area is 193 Å². The van der Waals surface area contributed by atoms with Gasteiger partial charge < -0.3 is 20.5 Å². The molecule has 1 fully saturated rings. The third kappa shape index (κ3) is 4.72. The van der Waals surface area contributed by atoms with E-state index < -0.39 is 23.5 Å². The molecule has 3 N–H and O–H groups in total. The maximum Gasteiger partial charge on any atom is 0.407 e. The molecule has 0 radical (unpaired) electrons. The summed E-state index contributed by atoms with van der Waals surface area (Å²) >= 11 is 0. The van der Waals surface area contributed by atoms with Crippen LogP contribution < -0.4 is 10.6 Å². The van der Waals surface area contributed by atoms with Crippen molar-refractivity contribution < 1.29 is 24.2 Å². The quantitative estimate of drug-likeness (QED) is 0.590. The average Bonchev–Trinajstić information content (AvgIpc) is 3.15. The van der Waals surface area contributed by atoms with Crippen LogP contribution in [0.2, 0.25) is 0 Å². The number of amides is 2. The molecule has 7 heteroatoms. The van der Waals surface area contributed by atoms with Gasteiger partial charge in [-0.05, 0) is 35.1 Å². The summed E-state index contributed by atoms with van der Waals surface area (Å²) in [5.74, 6) is -1.99. The highest BCUT2D eigenvalue weighted by Gasteiger charge is 2.41. The van der Waals surface area contributed by atoms with Gasteiger partial charge in [-0.15, -0.1) is 0 Å². The Kier molecular flexibility index (Phi) is 6.67. The zero-order valence-corrected chi connectivity index (χ0v) is 18.8. The van der Waals surface area contributed by atoms with E-state index in [-0.39, 0.29) is 25.0 Å². The number of fused-ring (bicyclic) bond motifs is 3. The molecular weight excluding hydrogens is 420 g/mol. The van der Waals surface area contributed by atoms with Crippen LogP contribution in [0.1, 0.15) is 56.1 Å². The summed E-state index contributed by atoms with van der Waals surface area (Å²) in [5, 5.41) is 15.0. The molecular formula is C26H30N2O5. The second kappa shape index (κ2) is 9.65. The largest absolute Gasteiger partial charge is 0.480 e. The molecule has 1 atom stereocenters. The molecule has 7 nitrogen and oxygen atoms in total. The van der Waals surface area contributed by atoms with Gasteiger partial charge >= 0.3 is 12.1 Å². The van der Waals surface area contributed by atoms with E-state index >= 15 is 0 Å². The Morgan fingerprint density at radius 2 is 1.58 bits per heavy atom. The summed E-state index contributed by atoms with van der Waals surface area (Å²) in [6.07, 6.45) is 2.80. The van der Waals surface area contributed by atoms with Gasteiger partial charge in [-0.3, -0.25) is 4.79 Å². The van der Waals surface area contributed by atoms with Crippen molar-refractivity contribution in [1.29, 1.82) is 0 Å². The van der Waals surface area contributed by atoms with Crippen LogP contribution in [-0.2, 0) is 14.3 Å². The summed E-state index contributed by atoms with van der Waals surface area (Å²) in [7, 11) is 0. The van der Waals surface area contributed by atoms with Gasteiger partial charge in [0.25, 0.3) is 0 Å². The lowest BCUT2D eigenvalue weighted by atomic mass is 9.81. The van der Waals surface area contributed by atoms with Gasteiger partial charge in [0, 0.05) is 12.5 Å². The molecule has 0 spiro atoms. The number of carbonyl (C=O) groups is 3. The Morgan fingerprint density at radius 3 is 2.15 bits per heavy atom. The fraction of sp³-hybridized carbons (Fsp3) is 0.423. The van der Waals surface area contributed by atoms with Crippen molar-refractivity contribution in [3.05, 3.63) is 59.7 Å². The molecule has 0 saturated heterocycles. The maximum atomic E-state index is 12.6. The van der Waals surface area contributed by atoms with Gasteiger partial charge in [0.2, 0.25) is 5.91 Å². The second-order valence-corrected chi connectivity index (χ2v) is 9.04. The molecule has 2 aromatic rings. The minimum atomic E-state index is -1.20. The summed E-state index contributed by atoms with van der Waals surface area (Å²) in [6.45, 7) is 1.93. The normalized spacial score (nSPS) is 17.4. The molecule has 2 aliphatic rings. The summed E-state index contributed by atoms with van der Waals surface area (Å²) in [6, 6.07) is 16.2. The van der Waals surface area contributed by atoms with E-state index in [1.54, 1.807) is 6.92 Å². The first-order valence-corrected chi connectivity index (χ1v) is 11.6. The van der Waals surface area contributed by atoms with Crippen LogP contribution in [0.5, 0.6) is 0 Å². The van der Waals surface area contributed by atoms with E-state index in [2.05, 4.69) is 34.9 Å². The number of ether oxygens (including phenoxy) is 1. The van der Waals surface area contributed by atoms with Gasteiger partial charge in [0.15, 0.2) is 0 Å². The molecule has 0 aliphatic heterocycles. The van der Waals surface area contributed by atoms with Crippen molar-refractivity contribution in [3.8, 4) is 11.1 Å². The fourth-order valence-corrected chi connectivity index (χ4v) is 4.89. The third-order valence-electron chi connectivity index (χ3n) is 6.82. The molecule has 0 aromatic heterocycles. The smallest absolute Gasteiger partial charge is 0.407 e. The number of carboxylic acids is 1. The predicted molar refractivity (Wildman–Crippen MR) is 124 cm³/mol. The van der Waals surface area contributed by atoms with Crippen molar-refractivity contribution in [3.63, 3.8) is 0 Å². The van der Waals surface area contributed by atoms with Gasteiger partial charge in [0.05, 0.1) is 5.92 Å². The molecule has 0 bridgehead atoms. The number of aliphatic carboxylic acids is 1. The summed E-state index contributed by atoms with van der Waals surface area (Å²) in [4.78, 5) is 36.7. The van der Waals surface area contributed by atoms with E-state index in [9.17, 15) is 19.5 Å². The van der Waals surface area contributed by atoms with Gasteiger partial charge in [-0.25, -0.2) is 9.59 Å². The number of alkyl carbamates (subject to hydrolysis) is 1. The molecule has 2 aromatic carbocycles. The molecule has 33 heavy (non-hydrogen) atoms. The van der Waals surface area contributed by atoms with Crippen molar-refractivity contribution in [2.75, 3.05) is 13.2 Å². The first kappa shape index (κ1) is 22.8. The van der Waals surface area contributed by atoms with Gasteiger partial charge in [-0.2, -0.15) is 0 Å². The zero-order chi connectivity index (χ0) is 23.4. The third-order valence-corrected chi connectivity index (χ3v) is 6.82. The maximum absolute atomic E-state index is 12.6. The lowest BCUT2D eigenvalue weighted by Gasteiger charge is -2.34. The van der Waals surface area contributed by atoms with Crippen LogP contribution in [0.25, 0.3) is 11.1 Å². The number of hydrogen-bond acceptors (Lipinski definition) is 4. The second-order valence-electron chi connectivity index (χ2n) is 9.04. The molecule has 1 unspecified atom stereocenters. The Bertz CT molecular complexity index is 999. The van der Waals surface area contributed by atoms with E-state index in [0.29, 0.717) is 12.8 Å². The molecule has 4 rings (SSSR count). The molecule has 2 amide bonds. The van der Waals surface area contributed by atoms with Crippen LogP contribution in [0.4, 0.5) is 4.79 Å². The number of hydrogen-bond donors (Lipinski definition) is 3. The number of nitrogens with one attached hydrogen (secondary N) is 2. The number of benzene rings is 2. The van der Waals surface area contributed by atoms with Crippen LogP contribution in [0.15, 0.2) is 48.5 Å². The minimum absolute atomic E-state index is 0.0365. The molecule has 1 saturated carbocycles. The summed E-state index contributed by atoms with van der Waals surface area (Å²) in [5.41, 5.74) is 3.37. The first-order valence-electron chi connectivity index (χ1n) is 11.6. The Balaban J connectivity index is 1.30. The van der Waals surface area contributed by atoms with E-state index in [0.717, 1.165) is 41.5 Å². The van der Waals surface area contributed by atoms with Crippen molar-refractivity contribution in [2.24, 2.45) is 5.92 Å². The zero-order valence-electron chi connectivity index (χ0n) is 18.8. The number of rotatable bonds is 7. The minimum Gasteiger partial charge on any atom is -0.480 e. The topological polar surface area (TPSA) is 105 Å². The number of carbonyl (C=O) groups excluding carboxylic acids is 2.